The molecule has 2 aromatic carbocycles. The highest BCUT2D eigenvalue weighted by Crippen LogP contribution is 2.30. The van der Waals surface area contributed by atoms with Crippen LogP contribution in [-0.2, 0) is 22.3 Å². The summed E-state index contributed by atoms with van der Waals surface area (Å²) in [6.45, 7) is 4.96. The summed E-state index contributed by atoms with van der Waals surface area (Å²) in [6, 6.07) is 11.3. The third-order valence-electron chi connectivity index (χ3n) is 5.48. The van der Waals surface area contributed by atoms with Crippen LogP contribution in [0.3, 0.4) is 0 Å². The Kier molecular flexibility index (Phi) is 8.22. The first-order valence-electron chi connectivity index (χ1n) is 10.8. The summed E-state index contributed by atoms with van der Waals surface area (Å²) in [6.07, 6.45) is -0.653. The molecule has 0 saturated carbocycles. The molecule has 1 saturated heterocycles. The van der Waals surface area contributed by atoms with Crippen molar-refractivity contribution in [1.29, 1.82) is 0 Å². The smallest absolute Gasteiger partial charge is 0.416 e. The molecule has 0 amide bonds. The molecule has 9 heteroatoms. The number of hydrogen-bond acceptors (Lipinski definition) is 5. The Morgan fingerprint density at radius 1 is 1.21 bits per heavy atom. The van der Waals surface area contributed by atoms with Crippen molar-refractivity contribution in [2.45, 2.75) is 38.0 Å². The molecule has 1 heterocycles. The standard InChI is InChI=1S/C25H27F3N2O4/c1-17(19-8-10-20(11-9-19)25(26,27)28)33-15-21(29)16-34-22-6-4-5-18(13-22)14-30-12-3-2-7-23(30)24(31)32/h4-6,8-11,13,15,23H,1-3,7,12,14,16,29H2,(H,31,32)/b21-15-. The molecule has 182 valence electrons. The number of likely N-dealkylation sites (tertiary alicyclic amines) is 1. The third kappa shape index (κ3) is 7.02. The Labute approximate surface area is 196 Å². The van der Waals surface area contributed by atoms with Gasteiger partial charge in [-0.2, -0.15) is 13.2 Å². The van der Waals surface area contributed by atoms with E-state index in [2.05, 4.69) is 6.58 Å². The van der Waals surface area contributed by atoms with E-state index in [-0.39, 0.29) is 18.1 Å². The van der Waals surface area contributed by atoms with E-state index >= 15 is 0 Å². The van der Waals surface area contributed by atoms with Crippen molar-refractivity contribution in [3.05, 3.63) is 83.8 Å². The lowest BCUT2D eigenvalue weighted by Crippen LogP contribution is -2.43. The summed E-state index contributed by atoms with van der Waals surface area (Å²) in [5.74, 6) is -0.0876. The Balaban J connectivity index is 1.53. The van der Waals surface area contributed by atoms with Gasteiger partial charge in [0.1, 0.15) is 30.4 Å². The van der Waals surface area contributed by atoms with Gasteiger partial charge >= 0.3 is 12.1 Å². The highest BCUT2D eigenvalue weighted by molar-refractivity contribution is 5.73. The van der Waals surface area contributed by atoms with Crippen LogP contribution in [0, 0.1) is 0 Å². The lowest BCUT2D eigenvalue weighted by molar-refractivity contribution is -0.145. The number of piperidine rings is 1. The zero-order valence-electron chi connectivity index (χ0n) is 18.6. The fourth-order valence-electron chi connectivity index (χ4n) is 3.69. The number of nitrogens with zero attached hydrogens (tertiary/aromatic N) is 1. The maximum absolute atomic E-state index is 12.7. The van der Waals surface area contributed by atoms with Gasteiger partial charge in [0.2, 0.25) is 0 Å². The van der Waals surface area contributed by atoms with Crippen LogP contribution in [0.5, 0.6) is 5.75 Å². The summed E-state index contributed by atoms with van der Waals surface area (Å²) in [4.78, 5) is 13.5. The number of ether oxygens (including phenoxy) is 2. The Morgan fingerprint density at radius 2 is 1.94 bits per heavy atom. The third-order valence-corrected chi connectivity index (χ3v) is 5.48. The molecule has 0 spiro atoms. The average Bonchev–Trinajstić information content (AvgIpc) is 2.81. The molecule has 1 atom stereocenters. The van der Waals surface area contributed by atoms with Gasteiger partial charge in [-0.05, 0) is 49.2 Å². The van der Waals surface area contributed by atoms with Crippen molar-refractivity contribution in [1.82, 2.24) is 4.90 Å². The fraction of sp³-hybridized carbons (Fsp3) is 0.320. The topological polar surface area (TPSA) is 85.0 Å². The number of halogens is 3. The molecule has 3 N–H and O–H groups in total. The van der Waals surface area contributed by atoms with Gasteiger partial charge in [-0.15, -0.1) is 0 Å². The monoisotopic (exact) mass is 476 g/mol. The molecule has 0 aromatic heterocycles. The van der Waals surface area contributed by atoms with Crippen LogP contribution in [0.1, 0.15) is 36.0 Å². The molecule has 1 aliphatic rings. The molecule has 2 aromatic rings. The van der Waals surface area contributed by atoms with E-state index < -0.39 is 23.8 Å². The van der Waals surface area contributed by atoms with E-state index in [0.29, 0.717) is 24.3 Å². The van der Waals surface area contributed by atoms with E-state index in [1.165, 1.54) is 18.4 Å². The van der Waals surface area contributed by atoms with Crippen molar-refractivity contribution in [2.75, 3.05) is 13.2 Å². The number of rotatable bonds is 9. The van der Waals surface area contributed by atoms with E-state index in [1.807, 2.05) is 23.1 Å². The summed E-state index contributed by atoms with van der Waals surface area (Å²) in [5, 5.41) is 9.44. The van der Waals surface area contributed by atoms with Gasteiger partial charge in [-0.25, -0.2) is 0 Å². The summed E-state index contributed by atoms with van der Waals surface area (Å²) >= 11 is 0. The Bertz CT molecular complexity index is 1040. The minimum atomic E-state index is -4.41. The minimum Gasteiger partial charge on any atom is -0.487 e. The zero-order chi connectivity index (χ0) is 24.7. The second-order valence-electron chi connectivity index (χ2n) is 8.07. The lowest BCUT2D eigenvalue weighted by atomic mass is 10.0. The molecule has 0 aliphatic carbocycles. The Hall–Kier alpha value is -3.46. The quantitative estimate of drug-likeness (QED) is 0.495. The maximum atomic E-state index is 12.7. The first-order chi connectivity index (χ1) is 16.1. The maximum Gasteiger partial charge on any atom is 0.416 e. The average molecular weight is 476 g/mol. The number of carbonyl (C=O) groups is 1. The SMILES string of the molecule is C=C(O/C=C(\N)COc1cccc(CN2CCCCC2C(=O)O)c1)c1ccc(C(F)(F)F)cc1. The van der Waals surface area contributed by atoms with Gasteiger partial charge < -0.3 is 20.3 Å². The second kappa shape index (κ2) is 11.1. The zero-order valence-corrected chi connectivity index (χ0v) is 18.6. The number of carboxylic acids is 1. The fourth-order valence-corrected chi connectivity index (χ4v) is 3.69. The van der Waals surface area contributed by atoms with Gasteiger partial charge in [0, 0.05) is 12.1 Å². The first-order valence-corrected chi connectivity index (χ1v) is 10.8. The molecule has 1 fully saturated rings. The van der Waals surface area contributed by atoms with Crippen LogP contribution in [0.4, 0.5) is 13.2 Å². The van der Waals surface area contributed by atoms with Crippen LogP contribution in [0.25, 0.3) is 5.76 Å². The predicted octanol–water partition coefficient (Wildman–Crippen LogP) is 5.01. The molecular weight excluding hydrogens is 449 g/mol. The molecule has 1 aliphatic heterocycles. The van der Waals surface area contributed by atoms with E-state index in [1.54, 1.807) is 6.07 Å². The van der Waals surface area contributed by atoms with Crippen molar-refractivity contribution in [2.24, 2.45) is 5.73 Å². The van der Waals surface area contributed by atoms with Crippen LogP contribution in [-0.4, -0.2) is 35.2 Å². The highest BCUT2D eigenvalue weighted by atomic mass is 19.4. The number of aliphatic carboxylic acids is 1. The first kappa shape index (κ1) is 25.2. The number of hydrogen-bond donors (Lipinski definition) is 2. The molecule has 6 nitrogen and oxygen atoms in total. The van der Waals surface area contributed by atoms with Crippen molar-refractivity contribution in [3.8, 4) is 5.75 Å². The molecular formula is C25H27F3N2O4. The van der Waals surface area contributed by atoms with Crippen molar-refractivity contribution >= 4 is 11.7 Å². The van der Waals surface area contributed by atoms with Crippen molar-refractivity contribution in [3.63, 3.8) is 0 Å². The van der Waals surface area contributed by atoms with Gasteiger partial charge in [0.15, 0.2) is 0 Å². The Morgan fingerprint density at radius 3 is 2.62 bits per heavy atom. The van der Waals surface area contributed by atoms with Crippen LogP contribution in [0.2, 0.25) is 0 Å². The number of alkyl halides is 3. The second-order valence-corrected chi connectivity index (χ2v) is 8.07. The summed E-state index contributed by atoms with van der Waals surface area (Å²) < 4.78 is 49.1. The van der Waals surface area contributed by atoms with Crippen LogP contribution >= 0.6 is 0 Å². The highest BCUT2D eigenvalue weighted by Gasteiger charge is 2.30. The largest absolute Gasteiger partial charge is 0.487 e. The van der Waals surface area contributed by atoms with Crippen molar-refractivity contribution < 1.29 is 32.5 Å². The normalized spacial score (nSPS) is 17.3. The lowest BCUT2D eigenvalue weighted by Gasteiger charge is -2.32. The van der Waals surface area contributed by atoms with E-state index in [9.17, 15) is 23.1 Å². The van der Waals surface area contributed by atoms with Gasteiger partial charge in [0.25, 0.3) is 0 Å². The molecule has 1 unspecified atom stereocenters. The molecule has 0 bridgehead atoms. The van der Waals surface area contributed by atoms with Gasteiger partial charge in [0.05, 0.1) is 11.3 Å². The van der Waals surface area contributed by atoms with E-state index in [4.69, 9.17) is 15.2 Å². The summed E-state index contributed by atoms with van der Waals surface area (Å²) in [5.41, 5.74) is 6.73. The number of benzene rings is 2. The van der Waals surface area contributed by atoms with Crippen LogP contribution < -0.4 is 10.5 Å². The number of carboxylic acid groups (broad SMARTS) is 1. The van der Waals surface area contributed by atoms with Gasteiger partial charge in [-0.1, -0.05) is 37.3 Å². The summed E-state index contributed by atoms with van der Waals surface area (Å²) in [7, 11) is 0. The minimum absolute atomic E-state index is 0.0191. The number of nitrogens with two attached hydrogens (primary N) is 1. The predicted molar refractivity (Wildman–Crippen MR) is 121 cm³/mol. The molecule has 34 heavy (non-hydrogen) atoms. The van der Waals surface area contributed by atoms with Gasteiger partial charge in [-0.3, -0.25) is 9.69 Å². The van der Waals surface area contributed by atoms with E-state index in [0.717, 1.165) is 37.1 Å². The molecule has 0 radical (unpaired) electrons. The van der Waals surface area contributed by atoms with Crippen LogP contribution in [0.15, 0.2) is 67.1 Å². The molecule has 3 rings (SSSR count).